The van der Waals surface area contributed by atoms with Crippen LogP contribution in [0.15, 0.2) is 48.7 Å². The van der Waals surface area contributed by atoms with Crippen LogP contribution in [0.1, 0.15) is 87.2 Å². The highest BCUT2D eigenvalue weighted by Gasteiger charge is 2.43. The number of methoxy groups -OCH3 is 2. The minimum Gasteiger partial charge on any atom is -0.453 e. The zero-order valence-electron chi connectivity index (χ0n) is 33.0. The highest BCUT2D eigenvalue weighted by Crippen LogP contribution is 2.38. The maximum absolute atomic E-state index is 13.6. The summed E-state index contributed by atoms with van der Waals surface area (Å²) in [5, 5.41) is 5.44. The average Bonchev–Trinajstić information content (AvgIpc) is 3.61. The molecule has 0 radical (unpaired) electrons. The van der Waals surface area contributed by atoms with Crippen molar-refractivity contribution < 1.29 is 28.7 Å². The van der Waals surface area contributed by atoms with Crippen molar-refractivity contribution in [3.05, 3.63) is 71.4 Å². The van der Waals surface area contributed by atoms with Crippen molar-refractivity contribution in [2.24, 2.45) is 11.8 Å². The second-order valence-electron chi connectivity index (χ2n) is 14.6. The molecule has 2 aliphatic heterocycles. The smallest absolute Gasteiger partial charge is 0.407 e. The molecule has 314 valence electrons. The van der Waals surface area contributed by atoms with E-state index >= 15 is 0 Å². The zero-order valence-corrected chi connectivity index (χ0v) is 37.0. The molecular weight excluding hydrogens is 817 g/mol. The van der Waals surface area contributed by atoms with E-state index in [4.69, 9.17) is 14.5 Å². The summed E-state index contributed by atoms with van der Waals surface area (Å²) in [5.41, 5.74) is 5.09. The maximum atomic E-state index is 13.6. The Morgan fingerprint density at radius 3 is 1.97 bits per heavy atom. The number of alkyl carbamates (subject to hydrolysis) is 2. The van der Waals surface area contributed by atoms with Gasteiger partial charge in [-0.3, -0.25) is 9.59 Å². The number of amides is 4. The number of nitrogens with zero attached hydrogens (tertiary/aromatic N) is 4. The fraction of sp³-hybridized carbons (Fsp3) is 0.450. The zero-order chi connectivity index (χ0) is 37.9. The van der Waals surface area contributed by atoms with Gasteiger partial charge in [0.25, 0.3) is 0 Å². The first kappa shape index (κ1) is 47.9. The van der Waals surface area contributed by atoms with Crippen molar-refractivity contribution in [1.29, 1.82) is 0 Å². The van der Waals surface area contributed by atoms with Gasteiger partial charge in [-0.2, -0.15) is 54.0 Å². The quantitative estimate of drug-likeness (QED) is 0.156. The molecular formula is C40H54N8O6S4. The summed E-state index contributed by atoms with van der Waals surface area (Å²) in [7, 11) is 2.59. The molecule has 2 saturated heterocycles. The lowest BCUT2D eigenvalue weighted by molar-refractivity contribution is -0.136. The van der Waals surface area contributed by atoms with Gasteiger partial charge in [0, 0.05) is 24.2 Å². The van der Waals surface area contributed by atoms with Crippen LogP contribution in [0.5, 0.6) is 0 Å². The predicted octanol–water partition coefficient (Wildman–Crippen LogP) is 5.65. The summed E-state index contributed by atoms with van der Waals surface area (Å²) >= 11 is 0. The molecule has 3 fully saturated rings. The third-order valence-corrected chi connectivity index (χ3v) is 10.6. The van der Waals surface area contributed by atoms with E-state index in [-0.39, 0.29) is 89.7 Å². The monoisotopic (exact) mass is 870 g/mol. The molecule has 3 aliphatic rings. The SMILES string of the molecule is COC(=O)N[C@H](C(=O)N1CCC[C@H]1c1ncc(-c2ccc(C#Cc3ccc4nc([C@@H]5CCCN5C(=O)[C@@H](NC(=O)OC)C5CC5)[nH]c4c3)cc2)[nH]1)C(C)C.S.S.S.S. The van der Waals surface area contributed by atoms with Gasteiger partial charge in [-0.1, -0.05) is 37.8 Å². The number of likely N-dealkylation sites (tertiary alicyclic amines) is 2. The van der Waals surface area contributed by atoms with Crippen molar-refractivity contribution >= 4 is 89.0 Å². The number of rotatable bonds is 9. The van der Waals surface area contributed by atoms with E-state index in [0.717, 1.165) is 77.8 Å². The van der Waals surface area contributed by atoms with Gasteiger partial charge in [-0.25, -0.2) is 19.6 Å². The summed E-state index contributed by atoms with van der Waals surface area (Å²) in [6.45, 7) is 4.99. The predicted molar refractivity (Wildman–Crippen MR) is 241 cm³/mol. The molecule has 2 aromatic carbocycles. The molecule has 14 nitrogen and oxygen atoms in total. The summed E-state index contributed by atoms with van der Waals surface area (Å²) in [4.78, 5) is 70.9. The Hall–Kier alpha value is -4.44. The number of carbonyl (C=O) groups excluding carboxylic acids is 4. The van der Waals surface area contributed by atoms with Crippen LogP contribution in [0, 0.1) is 23.7 Å². The van der Waals surface area contributed by atoms with Crippen LogP contribution in [0.25, 0.3) is 22.3 Å². The normalized spacial score (nSPS) is 17.9. The van der Waals surface area contributed by atoms with Crippen LogP contribution in [0.4, 0.5) is 9.59 Å². The molecule has 0 unspecified atom stereocenters. The number of H-pyrrole nitrogens is 2. The highest BCUT2D eigenvalue weighted by molar-refractivity contribution is 7.59. The van der Waals surface area contributed by atoms with Crippen LogP contribution in [0.2, 0.25) is 0 Å². The standard InChI is InChI=1S/C40H46N8O6.4H2S/c1-23(2)33(45-39(51)53-3)37(49)47-19-5-7-31(47)35-41-22-30(44-35)26-14-11-24(12-15-26)9-10-25-13-18-28-29(21-25)43-36(42-28)32-8-6-20-48(32)38(50)34(27-16-17-27)46-40(52)54-4;;;;/h11-15,18,21-23,27,31-34H,5-8,16-17,19-20H2,1-4H3,(H,41,44)(H,42,43)(H,45,51)(H,46,52);4*1H2/t31-,32-,33-,34-;;;;/m0..../s1. The molecule has 18 heteroatoms. The molecule has 4 atom stereocenters. The first-order valence-electron chi connectivity index (χ1n) is 18.6. The van der Waals surface area contributed by atoms with E-state index in [1.165, 1.54) is 14.2 Å². The summed E-state index contributed by atoms with van der Waals surface area (Å²) < 4.78 is 9.52. The van der Waals surface area contributed by atoms with Crippen molar-refractivity contribution in [3.63, 3.8) is 0 Å². The molecule has 7 rings (SSSR count). The molecule has 4 aromatic rings. The number of hydrogen-bond acceptors (Lipinski definition) is 8. The van der Waals surface area contributed by atoms with E-state index in [2.05, 4.69) is 37.4 Å². The van der Waals surface area contributed by atoms with E-state index in [1.54, 1.807) is 11.1 Å². The Labute approximate surface area is 366 Å². The molecule has 1 saturated carbocycles. The average molecular weight is 871 g/mol. The van der Waals surface area contributed by atoms with E-state index in [9.17, 15) is 19.2 Å². The number of imidazole rings is 2. The molecule has 0 spiro atoms. The Bertz CT molecular complexity index is 2110. The van der Waals surface area contributed by atoms with Gasteiger partial charge in [0.15, 0.2) is 0 Å². The number of aromatic nitrogens is 4. The van der Waals surface area contributed by atoms with Crippen LogP contribution >= 0.6 is 54.0 Å². The Balaban J connectivity index is 0.00000225. The lowest BCUT2D eigenvalue weighted by atomic mass is 10.0. The van der Waals surface area contributed by atoms with E-state index in [1.807, 2.05) is 61.2 Å². The third kappa shape index (κ3) is 10.6. The number of carbonyl (C=O) groups is 4. The molecule has 0 bridgehead atoms. The second-order valence-corrected chi connectivity index (χ2v) is 14.6. The maximum Gasteiger partial charge on any atom is 0.407 e. The number of hydrogen-bond donors (Lipinski definition) is 4. The van der Waals surface area contributed by atoms with Crippen molar-refractivity contribution in [3.8, 4) is 23.1 Å². The third-order valence-electron chi connectivity index (χ3n) is 10.6. The van der Waals surface area contributed by atoms with Crippen LogP contribution in [-0.2, 0) is 19.1 Å². The molecule has 4 N–H and O–H groups in total. The van der Waals surface area contributed by atoms with Crippen LogP contribution < -0.4 is 10.6 Å². The van der Waals surface area contributed by atoms with Gasteiger partial charge in [0.05, 0.1) is 49.2 Å². The van der Waals surface area contributed by atoms with Crippen LogP contribution in [0.3, 0.4) is 0 Å². The lowest BCUT2D eigenvalue weighted by Gasteiger charge is -2.30. The van der Waals surface area contributed by atoms with Gasteiger partial charge < -0.3 is 39.9 Å². The van der Waals surface area contributed by atoms with Gasteiger partial charge in [0.2, 0.25) is 11.8 Å². The fourth-order valence-corrected chi connectivity index (χ4v) is 7.48. The Morgan fingerprint density at radius 2 is 1.34 bits per heavy atom. The fourth-order valence-electron chi connectivity index (χ4n) is 7.48. The summed E-state index contributed by atoms with van der Waals surface area (Å²) in [6, 6.07) is 12.1. The van der Waals surface area contributed by atoms with E-state index < -0.39 is 24.3 Å². The van der Waals surface area contributed by atoms with Gasteiger partial charge >= 0.3 is 12.2 Å². The molecule has 4 heterocycles. The van der Waals surface area contributed by atoms with Crippen molar-refractivity contribution in [2.45, 2.75) is 76.5 Å². The largest absolute Gasteiger partial charge is 0.453 e. The number of ether oxygens (including phenoxy) is 2. The number of fused-ring (bicyclic) bond motifs is 1. The first-order chi connectivity index (χ1) is 26.1. The lowest BCUT2D eigenvalue weighted by Crippen LogP contribution is -2.51. The number of nitrogens with one attached hydrogen (secondary N) is 4. The van der Waals surface area contributed by atoms with Crippen molar-refractivity contribution in [1.82, 2.24) is 40.4 Å². The minimum atomic E-state index is -0.691. The van der Waals surface area contributed by atoms with E-state index in [0.29, 0.717) is 18.9 Å². The molecule has 4 amide bonds. The molecule has 2 aromatic heterocycles. The minimum absolute atomic E-state index is 0. The Morgan fingerprint density at radius 1 is 0.759 bits per heavy atom. The topological polar surface area (TPSA) is 175 Å². The van der Waals surface area contributed by atoms with Gasteiger partial charge in [0.1, 0.15) is 23.7 Å². The van der Waals surface area contributed by atoms with Gasteiger partial charge in [-0.05, 0) is 86.3 Å². The summed E-state index contributed by atoms with van der Waals surface area (Å²) in [6.07, 6.45) is 5.64. The Kier molecular flexibility index (Phi) is 17.4. The highest BCUT2D eigenvalue weighted by atomic mass is 32.1. The summed E-state index contributed by atoms with van der Waals surface area (Å²) in [5.74, 6) is 7.75. The second kappa shape index (κ2) is 21.0. The number of benzene rings is 2. The van der Waals surface area contributed by atoms with Crippen LogP contribution in [-0.4, -0.2) is 93.1 Å². The van der Waals surface area contributed by atoms with Gasteiger partial charge in [-0.15, -0.1) is 0 Å². The van der Waals surface area contributed by atoms with Crippen molar-refractivity contribution in [2.75, 3.05) is 27.3 Å². The molecule has 58 heavy (non-hydrogen) atoms. The number of aromatic amines is 2. The molecule has 1 aliphatic carbocycles. The first-order valence-corrected chi connectivity index (χ1v) is 18.6.